The van der Waals surface area contributed by atoms with Gasteiger partial charge >= 0.3 is 11.9 Å². The minimum atomic E-state index is -0.403. The van der Waals surface area contributed by atoms with E-state index in [0.717, 1.165) is 22.3 Å². The average Bonchev–Trinajstić information content (AvgIpc) is 2.69. The van der Waals surface area contributed by atoms with Crippen LogP contribution in [0, 0.1) is 0 Å². The lowest BCUT2D eigenvalue weighted by Gasteiger charge is -2.13. The lowest BCUT2D eigenvalue weighted by atomic mass is 9.95. The van der Waals surface area contributed by atoms with Gasteiger partial charge in [0.15, 0.2) is 0 Å². The van der Waals surface area contributed by atoms with Gasteiger partial charge < -0.3 is 20.5 Å². The number of hydrogen-bond donors (Lipinski definition) is 2. The maximum Gasteiger partial charge on any atom is 0.331 e. The molecule has 28 heavy (non-hydrogen) atoms. The molecule has 2 rings (SSSR count). The molecule has 3 N–H and O–H groups in total. The summed E-state index contributed by atoms with van der Waals surface area (Å²) >= 11 is 0. The van der Waals surface area contributed by atoms with Crippen LogP contribution in [0.1, 0.15) is 30.5 Å². The molecule has 0 aliphatic heterocycles. The van der Waals surface area contributed by atoms with Crippen molar-refractivity contribution in [2.45, 2.75) is 20.4 Å². The first kappa shape index (κ1) is 21.2. The molecule has 0 heterocycles. The van der Waals surface area contributed by atoms with Crippen LogP contribution >= 0.6 is 0 Å². The lowest BCUT2D eigenvalue weighted by Crippen LogP contribution is -2.24. The highest BCUT2D eigenvalue weighted by atomic mass is 16.5. The molecule has 0 saturated heterocycles. The highest BCUT2D eigenvalue weighted by molar-refractivity contribution is 5.96. The summed E-state index contributed by atoms with van der Waals surface area (Å²) in [4.78, 5) is 23.6. The van der Waals surface area contributed by atoms with Gasteiger partial charge in [-0.15, -0.1) is 0 Å². The number of nitrogens with one attached hydrogen (secondary N) is 1. The van der Waals surface area contributed by atoms with Crippen molar-refractivity contribution in [2.24, 2.45) is 0 Å². The number of rotatable bonds is 9. The normalized spacial score (nSPS) is 11.1. The topological polar surface area (TPSA) is 90.6 Å². The third-order valence-corrected chi connectivity index (χ3v) is 3.98. The fourth-order valence-corrected chi connectivity index (χ4v) is 2.69. The second kappa shape index (κ2) is 10.9. The molecule has 6 heteroatoms. The van der Waals surface area contributed by atoms with Gasteiger partial charge in [0.2, 0.25) is 0 Å². The molecule has 0 fully saturated rings. The summed E-state index contributed by atoms with van der Waals surface area (Å²) in [6.07, 6.45) is 1.49. The third-order valence-electron chi connectivity index (χ3n) is 3.98. The number of nitrogens with two attached hydrogens (primary N) is 1. The minimum Gasteiger partial charge on any atom is -0.465 e. The molecule has 2 aromatic carbocycles. The fraction of sp³-hybridized carbons (Fsp3) is 0.273. The SMILES string of the molecule is CCOC(=O)/C=C(\c1ccccc1)c1ccc(N)c(CNCC(=O)OCC)c1. The van der Waals surface area contributed by atoms with E-state index in [4.69, 9.17) is 15.2 Å². The van der Waals surface area contributed by atoms with E-state index in [9.17, 15) is 9.59 Å². The van der Waals surface area contributed by atoms with E-state index in [2.05, 4.69) is 5.32 Å². The van der Waals surface area contributed by atoms with E-state index in [0.29, 0.717) is 25.4 Å². The van der Waals surface area contributed by atoms with Gasteiger partial charge in [0.05, 0.1) is 19.8 Å². The smallest absolute Gasteiger partial charge is 0.331 e. The number of benzene rings is 2. The summed E-state index contributed by atoms with van der Waals surface area (Å²) in [5.41, 5.74) is 9.98. The summed E-state index contributed by atoms with van der Waals surface area (Å²) in [6.45, 7) is 4.69. The lowest BCUT2D eigenvalue weighted by molar-refractivity contribution is -0.142. The molecule has 2 aromatic rings. The maximum absolute atomic E-state index is 12.1. The van der Waals surface area contributed by atoms with Gasteiger partial charge in [0.25, 0.3) is 0 Å². The molecule has 0 aromatic heterocycles. The van der Waals surface area contributed by atoms with E-state index in [1.54, 1.807) is 19.9 Å². The van der Waals surface area contributed by atoms with Crippen LogP contribution in [0.15, 0.2) is 54.6 Å². The van der Waals surface area contributed by atoms with Crippen LogP contribution in [0.25, 0.3) is 5.57 Å². The molecule has 0 unspecified atom stereocenters. The van der Waals surface area contributed by atoms with Crippen LogP contribution < -0.4 is 11.1 Å². The molecule has 0 aliphatic rings. The van der Waals surface area contributed by atoms with E-state index >= 15 is 0 Å². The van der Waals surface area contributed by atoms with Gasteiger partial charge in [-0.05, 0) is 48.2 Å². The van der Waals surface area contributed by atoms with Gasteiger partial charge in [-0.2, -0.15) is 0 Å². The Labute approximate surface area is 165 Å². The molecule has 0 spiro atoms. The van der Waals surface area contributed by atoms with Crippen molar-refractivity contribution in [3.8, 4) is 0 Å². The monoisotopic (exact) mass is 382 g/mol. The maximum atomic E-state index is 12.1. The fourth-order valence-electron chi connectivity index (χ4n) is 2.69. The summed E-state index contributed by atoms with van der Waals surface area (Å²) < 4.78 is 9.98. The highest BCUT2D eigenvalue weighted by Crippen LogP contribution is 2.26. The Morgan fingerprint density at radius 3 is 2.39 bits per heavy atom. The molecule has 148 valence electrons. The Hall–Kier alpha value is -3.12. The van der Waals surface area contributed by atoms with Crippen molar-refractivity contribution < 1.29 is 19.1 Å². The minimum absolute atomic E-state index is 0.0989. The molecule has 0 saturated carbocycles. The van der Waals surface area contributed by atoms with Crippen LogP contribution in [-0.2, 0) is 25.6 Å². The zero-order chi connectivity index (χ0) is 20.4. The van der Waals surface area contributed by atoms with Gasteiger partial charge in [0.1, 0.15) is 0 Å². The summed E-state index contributed by atoms with van der Waals surface area (Å²) in [7, 11) is 0. The number of carbonyl (C=O) groups is 2. The van der Waals surface area contributed by atoms with Crippen molar-refractivity contribution in [3.05, 3.63) is 71.3 Å². The Balaban J connectivity index is 2.28. The second-order valence-electron chi connectivity index (χ2n) is 6.00. The Kier molecular flexibility index (Phi) is 8.24. The van der Waals surface area contributed by atoms with Crippen molar-refractivity contribution in [3.63, 3.8) is 0 Å². The van der Waals surface area contributed by atoms with E-state index < -0.39 is 5.97 Å². The summed E-state index contributed by atoms with van der Waals surface area (Å²) in [5.74, 6) is -0.718. The van der Waals surface area contributed by atoms with Crippen LogP contribution in [0.2, 0.25) is 0 Å². The Bertz CT molecular complexity index is 832. The van der Waals surface area contributed by atoms with Crippen molar-refractivity contribution in [2.75, 3.05) is 25.5 Å². The molecule has 0 atom stereocenters. The van der Waals surface area contributed by atoms with Crippen LogP contribution in [0.5, 0.6) is 0 Å². The molecule has 0 aliphatic carbocycles. The number of hydrogen-bond acceptors (Lipinski definition) is 6. The van der Waals surface area contributed by atoms with Crippen LogP contribution in [-0.4, -0.2) is 31.7 Å². The first-order chi connectivity index (χ1) is 13.5. The molecular formula is C22H26N2O4. The number of ether oxygens (including phenoxy) is 2. The highest BCUT2D eigenvalue weighted by Gasteiger charge is 2.11. The molecular weight excluding hydrogens is 356 g/mol. The standard InChI is InChI=1S/C22H26N2O4/c1-3-27-21(25)13-19(16-8-6-5-7-9-16)17-10-11-20(23)18(12-17)14-24-15-22(26)28-4-2/h5-13,24H,3-4,14-15,23H2,1-2H3/b19-13+. The van der Waals surface area contributed by atoms with Crippen LogP contribution in [0.3, 0.4) is 0 Å². The van der Waals surface area contributed by atoms with E-state index in [-0.39, 0.29) is 12.5 Å². The Morgan fingerprint density at radius 1 is 1.00 bits per heavy atom. The predicted molar refractivity (Wildman–Crippen MR) is 109 cm³/mol. The van der Waals surface area contributed by atoms with Crippen molar-refractivity contribution in [1.82, 2.24) is 5.32 Å². The quantitative estimate of drug-likeness (QED) is 0.394. The first-order valence-electron chi connectivity index (χ1n) is 9.24. The van der Waals surface area contributed by atoms with Gasteiger partial charge in [-0.3, -0.25) is 4.79 Å². The first-order valence-corrected chi connectivity index (χ1v) is 9.24. The molecule has 6 nitrogen and oxygen atoms in total. The second-order valence-corrected chi connectivity index (χ2v) is 6.00. The van der Waals surface area contributed by atoms with E-state index in [1.807, 2.05) is 42.5 Å². The van der Waals surface area contributed by atoms with Gasteiger partial charge in [-0.25, -0.2) is 4.79 Å². The van der Waals surface area contributed by atoms with E-state index in [1.165, 1.54) is 6.08 Å². The number of esters is 2. The summed E-state index contributed by atoms with van der Waals surface area (Å²) in [5, 5.41) is 3.03. The Morgan fingerprint density at radius 2 is 1.71 bits per heavy atom. The van der Waals surface area contributed by atoms with Crippen molar-refractivity contribution >= 4 is 23.2 Å². The van der Waals surface area contributed by atoms with Crippen LogP contribution in [0.4, 0.5) is 5.69 Å². The average molecular weight is 382 g/mol. The zero-order valence-corrected chi connectivity index (χ0v) is 16.2. The number of nitrogen functional groups attached to an aromatic ring is 1. The number of carbonyl (C=O) groups excluding carboxylic acids is 2. The molecule has 0 amide bonds. The zero-order valence-electron chi connectivity index (χ0n) is 16.2. The molecule has 0 bridgehead atoms. The molecule has 0 radical (unpaired) electrons. The van der Waals surface area contributed by atoms with Crippen molar-refractivity contribution in [1.29, 1.82) is 0 Å². The number of anilines is 1. The third kappa shape index (κ3) is 6.25. The summed E-state index contributed by atoms with van der Waals surface area (Å²) in [6, 6.07) is 15.2. The predicted octanol–water partition coefficient (Wildman–Crippen LogP) is 2.92. The van der Waals surface area contributed by atoms with Gasteiger partial charge in [-0.1, -0.05) is 36.4 Å². The largest absolute Gasteiger partial charge is 0.465 e. The van der Waals surface area contributed by atoms with Gasteiger partial charge in [0, 0.05) is 18.3 Å².